The SMILES string of the molecule is CNCc1cc(C(CC(=O)O)c2cc(OC)c3c(c2)nnn3C)ccc1Cl. The Hall–Kier alpha value is -2.64. The summed E-state index contributed by atoms with van der Waals surface area (Å²) >= 11 is 6.26. The van der Waals surface area contributed by atoms with E-state index in [1.807, 2.05) is 31.3 Å². The summed E-state index contributed by atoms with van der Waals surface area (Å²) in [7, 11) is 5.20. The van der Waals surface area contributed by atoms with Crippen molar-refractivity contribution in [3.8, 4) is 5.75 Å². The van der Waals surface area contributed by atoms with Crippen LogP contribution < -0.4 is 10.1 Å². The maximum atomic E-state index is 11.6. The molecular weight excluding hydrogens is 368 g/mol. The molecule has 0 bridgehead atoms. The van der Waals surface area contributed by atoms with Gasteiger partial charge in [0.15, 0.2) is 0 Å². The molecule has 1 aromatic heterocycles. The third kappa shape index (κ3) is 3.89. The van der Waals surface area contributed by atoms with Crippen molar-refractivity contribution in [3.63, 3.8) is 0 Å². The number of hydrogen-bond donors (Lipinski definition) is 2. The summed E-state index contributed by atoms with van der Waals surface area (Å²) in [6.07, 6.45) is -0.0600. The van der Waals surface area contributed by atoms with Crippen LogP contribution in [0.15, 0.2) is 30.3 Å². The predicted molar refractivity (Wildman–Crippen MR) is 103 cm³/mol. The van der Waals surface area contributed by atoms with Gasteiger partial charge in [0.2, 0.25) is 0 Å². The summed E-state index contributed by atoms with van der Waals surface area (Å²) in [6.45, 7) is 0.596. The smallest absolute Gasteiger partial charge is 0.304 e. The van der Waals surface area contributed by atoms with E-state index in [-0.39, 0.29) is 12.3 Å². The van der Waals surface area contributed by atoms with Crippen LogP contribution in [0, 0.1) is 0 Å². The fourth-order valence-corrected chi connectivity index (χ4v) is 3.46. The number of methoxy groups -OCH3 is 1. The lowest BCUT2D eigenvalue weighted by atomic mass is 9.87. The number of aliphatic carboxylic acids is 1. The number of aryl methyl sites for hydroxylation is 1. The van der Waals surface area contributed by atoms with Crippen molar-refractivity contribution in [1.29, 1.82) is 0 Å². The number of aromatic nitrogens is 3. The van der Waals surface area contributed by atoms with Gasteiger partial charge in [-0.25, -0.2) is 4.68 Å². The minimum Gasteiger partial charge on any atom is -0.494 e. The van der Waals surface area contributed by atoms with Gasteiger partial charge in [-0.3, -0.25) is 4.79 Å². The molecular formula is C19H21ClN4O3. The van der Waals surface area contributed by atoms with Gasteiger partial charge < -0.3 is 15.2 Å². The highest BCUT2D eigenvalue weighted by atomic mass is 35.5. The molecule has 0 radical (unpaired) electrons. The molecule has 0 aliphatic heterocycles. The molecule has 8 heteroatoms. The number of carboxylic acids is 1. The molecule has 0 amide bonds. The van der Waals surface area contributed by atoms with E-state index in [2.05, 4.69) is 15.6 Å². The van der Waals surface area contributed by atoms with Gasteiger partial charge in [0, 0.05) is 24.5 Å². The lowest BCUT2D eigenvalue weighted by molar-refractivity contribution is -0.137. The number of nitrogens with zero attached hydrogens (tertiary/aromatic N) is 3. The largest absolute Gasteiger partial charge is 0.494 e. The first-order valence-electron chi connectivity index (χ1n) is 8.46. The van der Waals surface area contributed by atoms with E-state index in [1.54, 1.807) is 24.9 Å². The van der Waals surface area contributed by atoms with Crippen LogP contribution in [0.1, 0.15) is 29.0 Å². The Morgan fingerprint density at radius 1 is 1.33 bits per heavy atom. The van der Waals surface area contributed by atoms with E-state index in [4.69, 9.17) is 16.3 Å². The van der Waals surface area contributed by atoms with Crippen molar-refractivity contribution in [2.24, 2.45) is 7.05 Å². The summed E-state index contributed by atoms with van der Waals surface area (Å²) in [6, 6.07) is 9.33. The number of benzene rings is 2. The molecule has 7 nitrogen and oxygen atoms in total. The molecule has 0 aliphatic carbocycles. The number of carbonyl (C=O) groups is 1. The van der Waals surface area contributed by atoms with Gasteiger partial charge >= 0.3 is 5.97 Å². The number of halogens is 1. The Morgan fingerprint density at radius 3 is 2.78 bits per heavy atom. The van der Waals surface area contributed by atoms with Gasteiger partial charge in [-0.1, -0.05) is 28.9 Å². The molecule has 0 spiro atoms. The Kier molecular flexibility index (Phi) is 5.62. The zero-order valence-corrected chi connectivity index (χ0v) is 16.1. The molecule has 27 heavy (non-hydrogen) atoms. The zero-order valence-electron chi connectivity index (χ0n) is 15.4. The Labute approximate surface area is 161 Å². The average molecular weight is 389 g/mol. The third-order valence-electron chi connectivity index (χ3n) is 4.53. The summed E-state index contributed by atoms with van der Waals surface area (Å²) in [4.78, 5) is 11.6. The van der Waals surface area contributed by atoms with E-state index in [1.165, 1.54) is 0 Å². The Balaban J connectivity index is 2.14. The van der Waals surface area contributed by atoms with Crippen LogP contribution >= 0.6 is 11.6 Å². The van der Waals surface area contributed by atoms with Crippen molar-refractivity contribution < 1.29 is 14.6 Å². The standard InChI is InChI=1S/C19H21ClN4O3/c1-21-10-13-6-11(4-5-15(13)20)14(9-18(25)26)12-7-16-19(17(8-12)27-3)24(2)23-22-16/h4-8,14,21H,9-10H2,1-3H3,(H,25,26). The summed E-state index contributed by atoms with van der Waals surface area (Å²) in [5, 5.41) is 21.4. The van der Waals surface area contributed by atoms with Gasteiger partial charge in [-0.05, 0) is 41.9 Å². The maximum Gasteiger partial charge on any atom is 0.304 e. The molecule has 0 saturated heterocycles. The molecule has 2 N–H and O–H groups in total. The summed E-state index contributed by atoms with van der Waals surface area (Å²) in [5.74, 6) is -0.645. The zero-order chi connectivity index (χ0) is 19.6. The minimum absolute atomic E-state index is 0.0600. The highest BCUT2D eigenvalue weighted by Crippen LogP contribution is 2.35. The number of ether oxygens (including phenoxy) is 1. The second-order valence-electron chi connectivity index (χ2n) is 6.34. The van der Waals surface area contributed by atoms with Crippen molar-refractivity contribution in [1.82, 2.24) is 20.3 Å². The van der Waals surface area contributed by atoms with Gasteiger partial charge in [0.05, 0.1) is 13.5 Å². The molecule has 1 atom stereocenters. The molecule has 0 fully saturated rings. The van der Waals surface area contributed by atoms with E-state index in [0.717, 1.165) is 22.2 Å². The van der Waals surface area contributed by atoms with E-state index >= 15 is 0 Å². The van der Waals surface area contributed by atoms with E-state index < -0.39 is 5.97 Å². The van der Waals surface area contributed by atoms with Crippen LogP contribution in [0.2, 0.25) is 5.02 Å². The Bertz CT molecular complexity index is 986. The third-order valence-corrected chi connectivity index (χ3v) is 4.90. The number of hydrogen-bond acceptors (Lipinski definition) is 5. The van der Waals surface area contributed by atoms with Gasteiger partial charge in [-0.2, -0.15) is 0 Å². The van der Waals surface area contributed by atoms with Gasteiger partial charge in [-0.15, -0.1) is 5.10 Å². The van der Waals surface area contributed by atoms with Crippen LogP contribution in [0.25, 0.3) is 11.0 Å². The van der Waals surface area contributed by atoms with Crippen LogP contribution in [-0.2, 0) is 18.4 Å². The van der Waals surface area contributed by atoms with Crippen LogP contribution in [-0.4, -0.2) is 40.2 Å². The van der Waals surface area contributed by atoms with Crippen molar-refractivity contribution in [2.45, 2.75) is 18.9 Å². The monoisotopic (exact) mass is 388 g/mol. The fraction of sp³-hybridized carbons (Fsp3) is 0.316. The highest BCUT2D eigenvalue weighted by Gasteiger charge is 2.22. The lowest BCUT2D eigenvalue weighted by Gasteiger charge is -2.19. The lowest BCUT2D eigenvalue weighted by Crippen LogP contribution is -2.11. The average Bonchev–Trinajstić information content (AvgIpc) is 3.02. The molecule has 1 unspecified atom stereocenters. The quantitative estimate of drug-likeness (QED) is 0.646. The maximum absolute atomic E-state index is 11.6. The molecule has 2 aromatic carbocycles. The van der Waals surface area contributed by atoms with Crippen molar-refractivity contribution >= 4 is 28.6 Å². The first-order valence-corrected chi connectivity index (χ1v) is 8.84. The molecule has 0 aliphatic rings. The number of nitrogens with one attached hydrogen (secondary N) is 1. The second kappa shape index (κ2) is 7.94. The van der Waals surface area contributed by atoms with Crippen LogP contribution in [0.4, 0.5) is 0 Å². The van der Waals surface area contributed by atoms with Crippen molar-refractivity contribution in [3.05, 3.63) is 52.0 Å². The predicted octanol–water partition coefficient (Wildman–Crippen LogP) is 2.96. The van der Waals surface area contributed by atoms with E-state index in [0.29, 0.717) is 22.8 Å². The summed E-state index contributed by atoms with van der Waals surface area (Å²) in [5.41, 5.74) is 4.02. The number of carboxylic acid groups (broad SMARTS) is 1. The van der Waals surface area contributed by atoms with E-state index in [9.17, 15) is 9.90 Å². The Morgan fingerprint density at radius 2 is 2.11 bits per heavy atom. The van der Waals surface area contributed by atoms with Crippen molar-refractivity contribution in [2.75, 3.05) is 14.2 Å². The molecule has 0 saturated carbocycles. The first-order chi connectivity index (χ1) is 12.9. The number of fused-ring (bicyclic) bond motifs is 1. The van der Waals surface area contributed by atoms with Crippen LogP contribution in [0.3, 0.4) is 0 Å². The van der Waals surface area contributed by atoms with Crippen LogP contribution in [0.5, 0.6) is 5.75 Å². The van der Waals surface area contributed by atoms with Gasteiger partial charge in [0.1, 0.15) is 16.8 Å². The first kappa shape index (κ1) is 19.1. The molecule has 3 aromatic rings. The normalized spacial score (nSPS) is 12.3. The molecule has 142 valence electrons. The van der Waals surface area contributed by atoms with Gasteiger partial charge in [0.25, 0.3) is 0 Å². The minimum atomic E-state index is -0.886. The highest BCUT2D eigenvalue weighted by molar-refractivity contribution is 6.31. The summed E-state index contributed by atoms with van der Waals surface area (Å²) < 4.78 is 7.14. The molecule has 1 heterocycles. The topological polar surface area (TPSA) is 89.3 Å². The fourth-order valence-electron chi connectivity index (χ4n) is 3.27. The molecule has 3 rings (SSSR count). The number of rotatable bonds is 7. The second-order valence-corrected chi connectivity index (χ2v) is 6.74.